The van der Waals surface area contributed by atoms with Crippen molar-refractivity contribution in [2.45, 2.75) is 13.5 Å². The summed E-state index contributed by atoms with van der Waals surface area (Å²) in [6.07, 6.45) is 0. The Hall–Kier alpha value is -1.69. The van der Waals surface area contributed by atoms with Gasteiger partial charge >= 0.3 is 0 Å². The minimum absolute atomic E-state index is 0.00443. The Labute approximate surface area is 110 Å². The van der Waals surface area contributed by atoms with Crippen LogP contribution in [0.2, 0.25) is 0 Å². The molecule has 0 atom stereocenters. The molecule has 0 unspecified atom stereocenters. The summed E-state index contributed by atoms with van der Waals surface area (Å²) in [5, 5.41) is 0. The molecule has 19 heavy (non-hydrogen) atoms. The molecule has 0 spiro atoms. The van der Waals surface area contributed by atoms with Crippen LogP contribution >= 0.6 is 0 Å². The summed E-state index contributed by atoms with van der Waals surface area (Å²) in [6, 6.07) is 3.05. The van der Waals surface area contributed by atoms with Gasteiger partial charge in [-0.05, 0) is 6.07 Å². The van der Waals surface area contributed by atoms with Crippen LogP contribution in [0.5, 0.6) is 0 Å². The average molecular weight is 269 g/mol. The number of halogens is 2. The predicted molar refractivity (Wildman–Crippen MR) is 68.7 cm³/mol. The molecule has 0 aliphatic carbocycles. The lowest BCUT2D eigenvalue weighted by atomic mass is 10.1. The maximum atomic E-state index is 13.9. The molecule has 1 aliphatic heterocycles. The number of amides is 1. The number of nitrogens with zero attached hydrogens (tertiary/aromatic N) is 2. The van der Waals surface area contributed by atoms with Crippen LogP contribution in [-0.2, 0) is 11.3 Å². The normalized spacial score (nSPS) is 15.8. The molecule has 2 N–H and O–H groups in total. The van der Waals surface area contributed by atoms with Crippen LogP contribution in [0.15, 0.2) is 12.1 Å². The van der Waals surface area contributed by atoms with Gasteiger partial charge in [0.15, 0.2) is 11.6 Å². The molecule has 1 fully saturated rings. The summed E-state index contributed by atoms with van der Waals surface area (Å²) < 4.78 is 27.6. The van der Waals surface area contributed by atoms with Crippen LogP contribution in [0.1, 0.15) is 12.5 Å². The van der Waals surface area contributed by atoms with E-state index in [4.69, 9.17) is 5.73 Å². The molecule has 0 bridgehead atoms. The Morgan fingerprint density at radius 3 is 2.37 bits per heavy atom. The van der Waals surface area contributed by atoms with E-state index in [9.17, 15) is 13.6 Å². The van der Waals surface area contributed by atoms with Crippen LogP contribution < -0.4 is 10.6 Å². The number of rotatable bonds is 2. The van der Waals surface area contributed by atoms with E-state index in [1.165, 1.54) is 13.0 Å². The third-order valence-electron chi connectivity index (χ3n) is 3.43. The SMILES string of the molecule is CC(=O)N1CCN(c2ccc(CN)c(F)c2F)CC1. The summed E-state index contributed by atoms with van der Waals surface area (Å²) in [5.41, 5.74) is 5.74. The summed E-state index contributed by atoms with van der Waals surface area (Å²) in [7, 11) is 0. The van der Waals surface area contributed by atoms with Gasteiger partial charge in [-0.25, -0.2) is 8.78 Å². The van der Waals surface area contributed by atoms with Crippen molar-refractivity contribution in [1.82, 2.24) is 4.90 Å². The Bertz CT molecular complexity index is 485. The first-order valence-electron chi connectivity index (χ1n) is 6.22. The minimum atomic E-state index is -0.881. The minimum Gasteiger partial charge on any atom is -0.366 e. The van der Waals surface area contributed by atoms with Crippen molar-refractivity contribution >= 4 is 11.6 Å². The number of benzene rings is 1. The van der Waals surface area contributed by atoms with Crippen molar-refractivity contribution in [1.29, 1.82) is 0 Å². The van der Waals surface area contributed by atoms with Crippen molar-refractivity contribution in [3.05, 3.63) is 29.3 Å². The van der Waals surface area contributed by atoms with Gasteiger partial charge in [-0.3, -0.25) is 4.79 Å². The molecule has 2 rings (SSSR count). The Balaban J connectivity index is 2.16. The second kappa shape index (κ2) is 5.52. The highest BCUT2D eigenvalue weighted by Gasteiger charge is 2.22. The van der Waals surface area contributed by atoms with Gasteiger partial charge in [0.05, 0.1) is 5.69 Å². The Morgan fingerprint density at radius 2 is 1.84 bits per heavy atom. The first-order valence-corrected chi connectivity index (χ1v) is 6.22. The molecule has 1 heterocycles. The fourth-order valence-corrected chi connectivity index (χ4v) is 2.24. The number of hydrogen-bond donors (Lipinski definition) is 1. The van der Waals surface area contributed by atoms with Crippen molar-refractivity contribution in [3.8, 4) is 0 Å². The van der Waals surface area contributed by atoms with Crippen molar-refractivity contribution in [2.24, 2.45) is 5.73 Å². The lowest BCUT2D eigenvalue weighted by molar-refractivity contribution is -0.129. The third kappa shape index (κ3) is 2.68. The monoisotopic (exact) mass is 269 g/mol. The van der Waals surface area contributed by atoms with Crippen LogP contribution in [0, 0.1) is 11.6 Å². The molecule has 1 amide bonds. The van der Waals surface area contributed by atoms with Gasteiger partial charge in [0.1, 0.15) is 0 Å². The molecule has 6 heteroatoms. The van der Waals surface area contributed by atoms with E-state index in [0.29, 0.717) is 26.2 Å². The summed E-state index contributed by atoms with van der Waals surface area (Å²) in [4.78, 5) is 14.6. The second-order valence-electron chi connectivity index (χ2n) is 4.57. The molecular weight excluding hydrogens is 252 g/mol. The van der Waals surface area contributed by atoms with Gasteiger partial charge in [0, 0.05) is 45.2 Å². The van der Waals surface area contributed by atoms with E-state index in [-0.39, 0.29) is 23.7 Å². The highest BCUT2D eigenvalue weighted by molar-refractivity contribution is 5.73. The lowest BCUT2D eigenvalue weighted by Gasteiger charge is -2.35. The van der Waals surface area contributed by atoms with Crippen LogP contribution in [0.4, 0.5) is 14.5 Å². The van der Waals surface area contributed by atoms with Gasteiger partial charge in [-0.2, -0.15) is 0 Å². The molecule has 0 saturated carbocycles. The van der Waals surface area contributed by atoms with Gasteiger partial charge in [0.2, 0.25) is 5.91 Å². The molecule has 1 aliphatic rings. The first-order chi connectivity index (χ1) is 9.04. The van der Waals surface area contributed by atoms with E-state index in [2.05, 4.69) is 0 Å². The molecule has 1 aromatic rings. The molecular formula is C13H17F2N3O. The van der Waals surface area contributed by atoms with Gasteiger partial charge in [0.25, 0.3) is 0 Å². The molecule has 1 saturated heterocycles. The number of carbonyl (C=O) groups is 1. The smallest absolute Gasteiger partial charge is 0.219 e. The number of anilines is 1. The molecule has 0 radical (unpaired) electrons. The highest BCUT2D eigenvalue weighted by atomic mass is 19.2. The van der Waals surface area contributed by atoms with Gasteiger partial charge in [-0.1, -0.05) is 6.07 Å². The zero-order chi connectivity index (χ0) is 14.0. The van der Waals surface area contributed by atoms with E-state index in [0.717, 1.165) is 0 Å². The fraction of sp³-hybridized carbons (Fsp3) is 0.462. The van der Waals surface area contributed by atoms with Crippen molar-refractivity contribution in [2.75, 3.05) is 31.1 Å². The number of piperazine rings is 1. The topological polar surface area (TPSA) is 49.6 Å². The van der Waals surface area contributed by atoms with Gasteiger partial charge < -0.3 is 15.5 Å². The molecule has 104 valence electrons. The quantitative estimate of drug-likeness (QED) is 0.874. The number of hydrogen-bond acceptors (Lipinski definition) is 3. The lowest BCUT2D eigenvalue weighted by Crippen LogP contribution is -2.48. The van der Waals surface area contributed by atoms with E-state index in [1.54, 1.807) is 15.9 Å². The maximum absolute atomic E-state index is 13.9. The zero-order valence-electron chi connectivity index (χ0n) is 10.8. The van der Waals surface area contributed by atoms with Crippen molar-refractivity contribution in [3.63, 3.8) is 0 Å². The van der Waals surface area contributed by atoms with Crippen LogP contribution in [0.25, 0.3) is 0 Å². The maximum Gasteiger partial charge on any atom is 0.219 e. The largest absolute Gasteiger partial charge is 0.366 e. The molecule has 0 aromatic heterocycles. The summed E-state index contributed by atoms with van der Waals surface area (Å²) in [5.74, 6) is -1.74. The second-order valence-corrected chi connectivity index (χ2v) is 4.57. The first kappa shape index (κ1) is 13.7. The van der Waals surface area contributed by atoms with Crippen LogP contribution in [-0.4, -0.2) is 37.0 Å². The Kier molecular flexibility index (Phi) is 3.99. The standard InChI is InChI=1S/C13H17F2N3O/c1-9(19)17-4-6-18(7-5-17)11-3-2-10(8-16)12(14)13(11)15/h2-3H,4-8,16H2,1H3. The molecule has 4 nitrogen and oxygen atoms in total. The Morgan fingerprint density at radius 1 is 1.21 bits per heavy atom. The molecule has 1 aromatic carbocycles. The van der Waals surface area contributed by atoms with Gasteiger partial charge in [-0.15, -0.1) is 0 Å². The average Bonchev–Trinajstić information content (AvgIpc) is 2.42. The van der Waals surface area contributed by atoms with E-state index < -0.39 is 11.6 Å². The predicted octanol–water partition coefficient (Wildman–Crippen LogP) is 1.09. The number of nitrogens with two attached hydrogens (primary N) is 1. The summed E-state index contributed by atoms with van der Waals surface area (Å²) >= 11 is 0. The highest BCUT2D eigenvalue weighted by Crippen LogP contribution is 2.25. The van der Waals surface area contributed by atoms with Crippen LogP contribution in [0.3, 0.4) is 0 Å². The zero-order valence-corrected chi connectivity index (χ0v) is 10.8. The fourth-order valence-electron chi connectivity index (χ4n) is 2.24. The number of carbonyl (C=O) groups excluding carboxylic acids is 1. The summed E-state index contributed by atoms with van der Waals surface area (Å²) in [6.45, 7) is 3.52. The van der Waals surface area contributed by atoms with E-state index in [1.807, 2.05) is 0 Å². The van der Waals surface area contributed by atoms with E-state index >= 15 is 0 Å². The third-order valence-corrected chi connectivity index (χ3v) is 3.43. The van der Waals surface area contributed by atoms with Crippen molar-refractivity contribution < 1.29 is 13.6 Å².